The van der Waals surface area contributed by atoms with Crippen LogP contribution in [0.1, 0.15) is 12.5 Å². The van der Waals surface area contributed by atoms with Crippen molar-refractivity contribution >= 4 is 6.21 Å². The van der Waals surface area contributed by atoms with Gasteiger partial charge in [-0.05, 0) is 36.8 Å². The van der Waals surface area contributed by atoms with E-state index in [0.717, 1.165) is 5.56 Å². The van der Waals surface area contributed by atoms with E-state index in [1.807, 2.05) is 6.92 Å². The molecule has 0 aromatic heterocycles. The molecule has 0 aliphatic rings. The van der Waals surface area contributed by atoms with Crippen LogP contribution in [0.25, 0.3) is 0 Å². The fourth-order valence-corrected chi connectivity index (χ4v) is 0.733. The van der Waals surface area contributed by atoms with Crippen molar-refractivity contribution in [3.05, 3.63) is 29.8 Å². The summed E-state index contributed by atoms with van der Waals surface area (Å²) in [6, 6.07) is 6.73. The summed E-state index contributed by atoms with van der Waals surface area (Å²) in [7, 11) is 0. The number of phenolic OH excluding ortho intramolecular Hbond substituents is 1. The maximum Gasteiger partial charge on any atom is 0.115 e. The first-order valence-electron chi connectivity index (χ1n) is 3.77. The number of nitrogens with zero attached hydrogens (tertiary/aromatic N) is 1. The molecule has 12 heavy (non-hydrogen) atoms. The van der Waals surface area contributed by atoms with Gasteiger partial charge in [0.05, 0.1) is 6.21 Å². The average molecular weight is 165 g/mol. The van der Waals surface area contributed by atoms with Gasteiger partial charge in [0.2, 0.25) is 0 Å². The van der Waals surface area contributed by atoms with E-state index in [1.165, 1.54) is 0 Å². The van der Waals surface area contributed by atoms with E-state index < -0.39 is 0 Å². The molecule has 0 heterocycles. The van der Waals surface area contributed by atoms with Crippen LogP contribution in [0.2, 0.25) is 0 Å². The molecule has 3 heteroatoms. The van der Waals surface area contributed by atoms with Crippen LogP contribution in [0.5, 0.6) is 5.75 Å². The second-order valence-electron chi connectivity index (χ2n) is 2.24. The Kier molecular flexibility index (Phi) is 3.14. The number of rotatable bonds is 3. The minimum atomic E-state index is 0.253. The Hall–Kier alpha value is -1.51. The summed E-state index contributed by atoms with van der Waals surface area (Å²) in [4.78, 5) is 4.77. The van der Waals surface area contributed by atoms with Gasteiger partial charge in [-0.1, -0.05) is 5.16 Å². The molecule has 0 bridgehead atoms. The van der Waals surface area contributed by atoms with Gasteiger partial charge in [0, 0.05) is 0 Å². The molecule has 0 saturated heterocycles. The summed E-state index contributed by atoms with van der Waals surface area (Å²) in [6.07, 6.45) is 1.60. The number of oxime groups is 1. The molecule has 0 aliphatic heterocycles. The van der Waals surface area contributed by atoms with Crippen LogP contribution in [-0.2, 0) is 4.84 Å². The van der Waals surface area contributed by atoms with E-state index in [2.05, 4.69) is 5.16 Å². The van der Waals surface area contributed by atoms with Crippen LogP contribution in [0.3, 0.4) is 0 Å². The van der Waals surface area contributed by atoms with Gasteiger partial charge in [-0.25, -0.2) is 0 Å². The predicted molar refractivity (Wildman–Crippen MR) is 47.3 cm³/mol. The normalized spacial score (nSPS) is 10.4. The Morgan fingerprint density at radius 1 is 1.42 bits per heavy atom. The fourth-order valence-electron chi connectivity index (χ4n) is 0.733. The first kappa shape index (κ1) is 8.59. The number of aromatic hydroxyl groups is 1. The summed E-state index contributed by atoms with van der Waals surface area (Å²) in [5.74, 6) is 0.253. The molecule has 0 radical (unpaired) electrons. The molecule has 0 unspecified atom stereocenters. The lowest BCUT2D eigenvalue weighted by Gasteiger charge is -1.93. The average Bonchev–Trinajstić information content (AvgIpc) is 2.09. The molecule has 0 atom stereocenters. The molecule has 64 valence electrons. The minimum absolute atomic E-state index is 0.253. The fraction of sp³-hybridized carbons (Fsp3) is 0.222. The van der Waals surface area contributed by atoms with Crippen molar-refractivity contribution in [2.75, 3.05) is 6.61 Å². The van der Waals surface area contributed by atoms with Crippen LogP contribution in [-0.4, -0.2) is 17.9 Å². The van der Waals surface area contributed by atoms with Gasteiger partial charge >= 0.3 is 0 Å². The lowest BCUT2D eigenvalue weighted by Crippen LogP contribution is -1.83. The Morgan fingerprint density at radius 3 is 2.67 bits per heavy atom. The third-order valence-corrected chi connectivity index (χ3v) is 1.30. The molecule has 1 aromatic carbocycles. The standard InChI is InChI=1S/C9H11NO2/c1-2-12-10-7-8-3-5-9(11)6-4-8/h3-7,11H,2H2,1H3/b10-7-. The Morgan fingerprint density at radius 2 is 2.08 bits per heavy atom. The Labute approximate surface area is 71.3 Å². The molecule has 3 nitrogen and oxygen atoms in total. The molecule has 1 N–H and O–H groups in total. The van der Waals surface area contributed by atoms with Crippen LogP contribution in [0.15, 0.2) is 29.4 Å². The molecule has 1 aromatic rings. The van der Waals surface area contributed by atoms with Crippen molar-refractivity contribution in [1.82, 2.24) is 0 Å². The zero-order chi connectivity index (χ0) is 8.81. The van der Waals surface area contributed by atoms with Gasteiger partial charge in [-0.15, -0.1) is 0 Å². The largest absolute Gasteiger partial charge is 0.508 e. The molecular weight excluding hydrogens is 154 g/mol. The highest BCUT2D eigenvalue weighted by atomic mass is 16.6. The third-order valence-electron chi connectivity index (χ3n) is 1.30. The summed E-state index contributed by atoms with van der Waals surface area (Å²) in [6.45, 7) is 2.43. The topological polar surface area (TPSA) is 41.8 Å². The quantitative estimate of drug-likeness (QED) is 0.547. The van der Waals surface area contributed by atoms with Crippen molar-refractivity contribution in [2.24, 2.45) is 5.16 Å². The number of hydrogen-bond donors (Lipinski definition) is 1. The smallest absolute Gasteiger partial charge is 0.115 e. The molecule has 0 spiro atoms. The van der Waals surface area contributed by atoms with Crippen molar-refractivity contribution in [3.8, 4) is 5.75 Å². The molecule has 0 aliphatic carbocycles. The van der Waals surface area contributed by atoms with E-state index in [-0.39, 0.29) is 5.75 Å². The van der Waals surface area contributed by atoms with Crippen molar-refractivity contribution < 1.29 is 9.94 Å². The highest BCUT2D eigenvalue weighted by Gasteiger charge is 1.87. The van der Waals surface area contributed by atoms with Gasteiger partial charge in [0.15, 0.2) is 0 Å². The first-order valence-corrected chi connectivity index (χ1v) is 3.77. The van der Waals surface area contributed by atoms with Crippen LogP contribution in [0.4, 0.5) is 0 Å². The van der Waals surface area contributed by atoms with Crippen LogP contribution < -0.4 is 0 Å². The number of benzene rings is 1. The minimum Gasteiger partial charge on any atom is -0.508 e. The zero-order valence-electron chi connectivity index (χ0n) is 6.90. The highest BCUT2D eigenvalue weighted by Crippen LogP contribution is 2.07. The molecule has 0 saturated carbocycles. The van der Waals surface area contributed by atoms with E-state index in [9.17, 15) is 0 Å². The van der Waals surface area contributed by atoms with Gasteiger partial charge in [0.25, 0.3) is 0 Å². The van der Waals surface area contributed by atoms with Gasteiger partial charge in [-0.3, -0.25) is 0 Å². The van der Waals surface area contributed by atoms with Gasteiger partial charge in [0.1, 0.15) is 12.4 Å². The maximum atomic E-state index is 8.95. The SMILES string of the molecule is CCO/N=C\c1ccc(O)cc1. The van der Waals surface area contributed by atoms with Gasteiger partial charge in [-0.2, -0.15) is 0 Å². The molecule has 0 amide bonds. The summed E-state index contributed by atoms with van der Waals surface area (Å²) < 4.78 is 0. The summed E-state index contributed by atoms with van der Waals surface area (Å²) in [5.41, 5.74) is 0.904. The van der Waals surface area contributed by atoms with E-state index in [1.54, 1.807) is 30.5 Å². The third kappa shape index (κ3) is 2.62. The van der Waals surface area contributed by atoms with E-state index >= 15 is 0 Å². The van der Waals surface area contributed by atoms with Crippen LogP contribution >= 0.6 is 0 Å². The monoisotopic (exact) mass is 165 g/mol. The number of hydrogen-bond acceptors (Lipinski definition) is 3. The lowest BCUT2D eigenvalue weighted by atomic mass is 10.2. The van der Waals surface area contributed by atoms with Crippen molar-refractivity contribution in [3.63, 3.8) is 0 Å². The maximum absolute atomic E-state index is 8.95. The number of phenols is 1. The zero-order valence-corrected chi connectivity index (χ0v) is 6.90. The van der Waals surface area contributed by atoms with Crippen LogP contribution in [0, 0.1) is 0 Å². The first-order chi connectivity index (χ1) is 5.83. The summed E-state index contributed by atoms with van der Waals surface area (Å²) in [5, 5.41) is 12.6. The Bertz CT molecular complexity index is 254. The summed E-state index contributed by atoms with van der Waals surface area (Å²) >= 11 is 0. The molecule has 0 fully saturated rings. The van der Waals surface area contributed by atoms with Crippen molar-refractivity contribution in [2.45, 2.75) is 6.92 Å². The second kappa shape index (κ2) is 4.38. The van der Waals surface area contributed by atoms with Gasteiger partial charge < -0.3 is 9.94 Å². The second-order valence-corrected chi connectivity index (χ2v) is 2.24. The predicted octanol–water partition coefficient (Wildman–Crippen LogP) is 1.76. The Balaban J connectivity index is 2.58. The molecular formula is C9H11NO2. The highest BCUT2D eigenvalue weighted by molar-refractivity contribution is 5.79. The van der Waals surface area contributed by atoms with Crippen molar-refractivity contribution in [1.29, 1.82) is 0 Å². The lowest BCUT2D eigenvalue weighted by molar-refractivity contribution is 0.160. The molecule has 1 rings (SSSR count). The van der Waals surface area contributed by atoms with E-state index in [0.29, 0.717) is 6.61 Å². The van der Waals surface area contributed by atoms with E-state index in [4.69, 9.17) is 9.94 Å².